The molecule has 0 spiro atoms. The summed E-state index contributed by atoms with van der Waals surface area (Å²) in [4.78, 5) is 14.0. The lowest BCUT2D eigenvalue weighted by molar-refractivity contribution is 0.0207. The average Bonchev–Trinajstić information content (AvgIpc) is 2.88. The van der Waals surface area contributed by atoms with Crippen molar-refractivity contribution in [2.24, 2.45) is 11.8 Å². The number of nitriles is 1. The van der Waals surface area contributed by atoms with Gasteiger partial charge < -0.3 is 9.64 Å². The molecule has 23 heavy (non-hydrogen) atoms. The van der Waals surface area contributed by atoms with E-state index in [4.69, 9.17) is 4.74 Å². The van der Waals surface area contributed by atoms with Gasteiger partial charge in [0.05, 0.1) is 16.3 Å². The summed E-state index contributed by atoms with van der Waals surface area (Å²) in [5.41, 5.74) is -0.0161. The van der Waals surface area contributed by atoms with Crippen molar-refractivity contribution < 1.29 is 9.53 Å². The molecule has 0 radical (unpaired) electrons. The monoisotopic (exact) mass is 428 g/mol. The van der Waals surface area contributed by atoms with Crippen LogP contribution in [0.15, 0.2) is 12.3 Å². The minimum Gasteiger partial charge on any atom is -0.444 e. The molecular weight excluding hydrogens is 407 g/mol. The highest BCUT2D eigenvalue weighted by molar-refractivity contribution is 14.1. The van der Waals surface area contributed by atoms with Gasteiger partial charge in [0.25, 0.3) is 0 Å². The Bertz CT molecular complexity index is 660. The molecule has 0 aromatic carbocycles. The van der Waals surface area contributed by atoms with Gasteiger partial charge >= 0.3 is 6.09 Å². The average molecular weight is 428 g/mol. The van der Waals surface area contributed by atoms with E-state index in [0.29, 0.717) is 19.0 Å². The number of piperidine rings is 1. The standard InChI is InChI=1S/C16H21IN4O2/c1-15(2,3)23-14(22)20-7-5-11-12(8-20)16(11,9-18)13-4-6-19-21(13)10-17/h4,6,11-12H,5,7-8,10H2,1-3H3. The smallest absolute Gasteiger partial charge is 0.410 e. The van der Waals surface area contributed by atoms with Crippen LogP contribution in [0.2, 0.25) is 0 Å². The van der Waals surface area contributed by atoms with Gasteiger partial charge in [-0.1, -0.05) is 22.6 Å². The van der Waals surface area contributed by atoms with Crippen LogP contribution < -0.4 is 0 Å². The van der Waals surface area contributed by atoms with Crippen LogP contribution >= 0.6 is 22.6 Å². The number of nitrogens with zero attached hydrogens (tertiary/aromatic N) is 4. The zero-order valence-electron chi connectivity index (χ0n) is 13.6. The second-order valence-electron chi connectivity index (χ2n) is 7.24. The van der Waals surface area contributed by atoms with Gasteiger partial charge in [0, 0.05) is 25.2 Å². The fraction of sp³-hybridized carbons (Fsp3) is 0.688. The van der Waals surface area contributed by atoms with Crippen LogP contribution in [0.4, 0.5) is 4.79 Å². The second-order valence-corrected chi connectivity index (χ2v) is 7.93. The normalized spacial score (nSPS) is 29.6. The fourth-order valence-electron chi connectivity index (χ4n) is 3.74. The summed E-state index contributed by atoms with van der Waals surface area (Å²) in [6.45, 7) is 6.84. The summed E-state index contributed by atoms with van der Waals surface area (Å²) in [7, 11) is 0. The van der Waals surface area contributed by atoms with Gasteiger partial charge in [0.1, 0.15) is 11.0 Å². The van der Waals surface area contributed by atoms with E-state index in [1.54, 1.807) is 11.1 Å². The number of ether oxygens (including phenoxy) is 1. The summed E-state index contributed by atoms with van der Waals surface area (Å²) in [6, 6.07) is 4.48. The molecule has 1 saturated heterocycles. The molecule has 2 fully saturated rings. The molecule has 1 aromatic rings. The number of hydrogen-bond acceptors (Lipinski definition) is 4. The van der Waals surface area contributed by atoms with E-state index in [0.717, 1.165) is 16.7 Å². The molecule has 2 aliphatic rings. The lowest BCUT2D eigenvalue weighted by Crippen LogP contribution is -2.40. The Balaban J connectivity index is 1.78. The predicted molar refractivity (Wildman–Crippen MR) is 92.9 cm³/mol. The van der Waals surface area contributed by atoms with Crippen molar-refractivity contribution in [2.45, 2.75) is 42.8 Å². The third kappa shape index (κ3) is 2.71. The Morgan fingerprint density at radius 2 is 2.30 bits per heavy atom. The summed E-state index contributed by atoms with van der Waals surface area (Å²) >= 11 is 2.25. The maximum atomic E-state index is 12.3. The van der Waals surface area contributed by atoms with Crippen molar-refractivity contribution in [2.75, 3.05) is 13.1 Å². The maximum absolute atomic E-state index is 12.3. The van der Waals surface area contributed by atoms with Gasteiger partial charge in [0.15, 0.2) is 0 Å². The number of fused-ring (bicyclic) bond motifs is 1. The Hall–Kier alpha value is -1.30. The Kier molecular flexibility index (Phi) is 4.07. The highest BCUT2D eigenvalue weighted by Gasteiger charge is 2.69. The zero-order valence-corrected chi connectivity index (χ0v) is 15.8. The first-order valence-electron chi connectivity index (χ1n) is 7.81. The fourth-order valence-corrected chi connectivity index (χ4v) is 4.28. The zero-order chi connectivity index (χ0) is 16.8. The third-order valence-corrected chi connectivity index (χ3v) is 5.41. The van der Waals surface area contributed by atoms with Gasteiger partial charge in [-0.25, -0.2) is 4.79 Å². The van der Waals surface area contributed by atoms with Crippen LogP contribution in [0.25, 0.3) is 0 Å². The van der Waals surface area contributed by atoms with Crippen LogP contribution in [-0.4, -0.2) is 39.5 Å². The lowest BCUT2D eigenvalue weighted by atomic mass is 9.99. The van der Waals surface area contributed by atoms with Crippen molar-refractivity contribution in [1.82, 2.24) is 14.7 Å². The van der Waals surface area contributed by atoms with E-state index in [1.165, 1.54) is 0 Å². The molecule has 1 aliphatic carbocycles. The molecule has 0 bridgehead atoms. The van der Waals surface area contributed by atoms with Crippen LogP contribution in [-0.2, 0) is 14.7 Å². The predicted octanol–water partition coefficient (Wildman–Crippen LogP) is 2.92. The number of carbonyl (C=O) groups is 1. The van der Waals surface area contributed by atoms with E-state index < -0.39 is 11.0 Å². The molecule has 3 unspecified atom stereocenters. The Morgan fingerprint density at radius 3 is 2.91 bits per heavy atom. The molecule has 7 heteroatoms. The summed E-state index contributed by atoms with van der Waals surface area (Å²) in [5, 5.41) is 14.2. The maximum Gasteiger partial charge on any atom is 0.410 e. The number of aromatic nitrogens is 2. The molecule has 124 valence electrons. The highest BCUT2D eigenvalue weighted by atomic mass is 127. The number of hydrogen-bond donors (Lipinski definition) is 0. The first kappa shape index (κ1) is 16.6. The molecule has 6 nitrogen and oxygen atoms in total. The molecule has 3 atom stereocenters. The quantitative estimate of drug-likeness (QED) is 0.537. The first-order valence-corrected chi connectivity index (χ1v) is 9.33. The molecular formula is C16H21IN4O2. The summed E-state index contributed by atoms with van der Waals surface area (Å²) in [6.07, 6.45) is 2.31. The molecule has 1 saturated carbocycles. The van der Waals surface area contributed by atoms with Gasteiger partial charge in [-0.05, 0) is 39.2 Å². The van der Waals surface area contributed by atoms with Gasteiger partial charge in [0.2, 0.25) is 0 Å². The van der Waals surface area contributed by atoms with Crippen LogP contribution in [0.3, 0.4) is 0 Å². The third-order valence-electron chi connectivity index (χ3n) is 4.76. The molecule has 1 aromatic heterocycles. The number of alkyl halides is 1. The summed E-state index contributed by atoms with van der Waals surface area (Å²) < 4.78 is 8.08. The Labute approximate surface area is 149 Å². The van der Waals surface area contributed by atoms with Crippen molar-refractivity contribution in [3.05, 3.63) is 18.0 Å². The summed E-state index contributed by atoms with van der Waals surface area (Å²) in [5.74, 6) is 0.483. The van der Waals surface area contributed by atoms with Crippen LogP contribution in [0.1, 0.15) is 32.9 Å². The molecule has 0 N–H and O–H groups in total. The lowest BCUT2D eigenvalue weighted by Gasteiger charge is -2.29. The Morgan fingerprint density at radius 1 is 1.57 bits per heavy atom. The largest absolute Gasteiger partial charge is 0.444 e. The minimum atomic E-state index is -0.502. The van der Waals surface area contributed by atoms with Gasteiger partial charge in [-0.15, -0.1) is 0 Å². The van der Waals surface area contributed by atoms with Crippen LogP contribution in [0.5, 0.6) is 0 Å². The highest BCUT2D eigenvalue weighted by Crippen LogP contribution is 2.63. The number of amides is 1. The van der Waals surface area contributed by atoms with Crippen molar-refractivity contribution >= 4 is 28.7 Å². The minimum absolute atomic E-state index is 0.173. The molecule has 3 rings (SSSR count). The number of carbonyl (C=O) groups excluding carboxylic acids is 1. The number of rotatable bonds is 2. The van der Waals surface area contributed by atoms with Crippen molar-refractivity contribution in [3.63, 3.8) is 0 Å². The van der Waals surface area contributed by atoms with E-state index in [-0.39, 0.29) is 12.0 Å². The van der Waals surface area contributed by atoms with E-state index in [1.807, 2.05) is 31.5 Å². The van der Waals surface area contributed by atoms with E-state index >= 15 is 0 Å². The first-order chi connectivity index (χ1) is 10.8. The van der Waals surface area contributed by atoms with Crippen molar-refractivity contribution in [3.8, 4) is 6.07 Å². The SMILES string of the molecule is CC(C)(C)OC(=O)N1CCC2C(C1)C2(C#N)c1ccnn1CI. The van der Waals surface area contributed by atoms with E-state index in [2.05, 4.69) is 33.8 Å². The second kappa shape index (κ2) is 5.65. The molecule has 1 amide bonds. The van der Waals surface area contributed by atoms with Crippen LogP contribution in [0, 0.1) is 23.2 Å². The number of halogens is 1. The topological polar surface area (TPSA) is 71.2 Å². The van der Waals surface area contributed by atoms with E-state index in [9.17, 15) is 10.1 Å². The van der Waals surface area contributed by atoms with Crippen molar-refractivity contribution in [1.29, 1.82) is 5.26 Å². The van der Waals surface area contributed by atoms with Gasteiger partial charge in [-0.3, -0.25) is 4.68 Å². The number of likely N-dealkylation sites (tertiary alicyclic amines) is 1. The molecule has 1 aliphatic heterocycles. The van der Waals surface area contributed by atoms with Gasteiger partial charge in [-0.2, -0.15) is 10.4 Å². The molecule has 2 heterocycles.